The SMILES string of the molecule is O=S1(=O)CCC(NCc2cc(Nc3nc4cccnc4s3)nc(N[C@H]3CC[C@H](O)CC3)n2)CC1. The Balaban J connectivity index is 1.32. The number of hydrogen-bond acceptors (Lipinski definition) is 11. The van der Waals surface area contributed by atoms with Gasteiger partial charge in [-0.15, -0.1) is 0 Å². The van der Waals surface area contributed by atoms with Gasteiger partial charge in [0.05, 0.1) is 23.3 Å². The second-order valence-corrected chi connectivity index (χ2v) is 12.3. The lowest BCUT2D eigenvalue weighted by Crippen LogP contribution is -2.37. The van der Waals surface area contributed by atoms with Crippen molar-refractivity contribution in [3.8, 4) is 0 Å². The Morgan fingerprint density at radius 3 is 2.59 bits per heavy atom. The minimum Gasteiger partial charge on any atom is -0.393 e. The van der Waals surface area contributed by atoms with E-state index in [0.717, 1.165) is 41.7 Å². The lowest BCUT2D eigenvalue weighted by Gasteiger charge is -2.26. The number of thiazole rings is 1. The normalized spacial score (nSPS) is 23.1. The number of aromatic nitrogens is 4. The molecule has 3 aromatic rings. The monoisotopic (exact) mass is 503 g/mol. The van der Waals surface area contributed by atoms with Gasteiger partial charge in [-0.3, -0.25) is 0 Å². The molecule has 10 nitrogen and oxygen atoms in total. The van der Waals surface area contributed by atoms with E-state index in [0.29, 0.717) is 36.3 Å². The predicted molar refractivity (Wildman–Crippen MR) is 133 cm³/mol. The van der Waals surface area contributed by atoms with E-state index in [1.807, 2.05) is 18.2 Å². The zero-order valence-corrected chi connectivity index (χ0v) is 20.4. The second-order valence-electron chi connectivity index (χ2n) is 9.00. The maximum absolute atomic E-state index is 11.7. The van der Waals surface area contributed by atoms with Crippen molar-refractivity contribution in [2.75, 3.05) is 22.1 Å². The van der Waals surface area contributed by atoms with E-state index in [9.17, 15) is 13.5 Å². The van der Waals surface area contributed by atoms with Gasteiger partial charge in [0, 0.05) is 30.9 Å². The van der Waals surface area contributed by atoms with E-state index in [1.54, 1.807) is 6.20 Å². The first-order chi connectivity index (χ1) is 16.4. The van der Waals surface area contributed by atoms with Crippen LogP contribution < -0.4 is 16.0 Å². The molecule has 34 heavy (non-hydrogen) atoms. The van der Waals surface area contributed by atoms with E-state index >= 15 is 0 Å². The first-order valence-electron chi connectivity index (χ1n) is 11.7. The summed E-state index contributed by atoms with van der Waals surface area (Å²) in [6, 6.07) is 6.05. The molecule has 0 spiro atoms. The van der Waals surface area contributed by atoms with Gasteiger partial charge in [-0.2, -0.15) is 4.98 Å². The van der Waals surface area contributed by atoms with E-state index in [1.165, 1.54) is 11.3 Å². The molecular formula is C22H29N7O3S2. The molecule has 1 aliphatic heterocycles. The maximum Gasteiger partial charge on any atom is 0.225 e. The number of aliphatic hydroxyl groups excluding tert-OH is 1. The van der Waals surface area contributed by atoms with Crippen molar-refractivity contribution < 1.29 is 13.5 Å². The predicted octanol–water partition coefficient (Wildman–Crippen LogP) is 2.61. The summed E-state index contributed by atoms with van der Waals surface area (Å²) in [6.45, 7) is 0.515. The third-order valence-electron chi connectivity index (χ3n) is 6.34. The van der Waals surface area contributed by atoms with Gasteiger partial charge in [-0.25, -0.2) is 23.4 Å². The summed E-state index contributed by atoms with van der Waals surface area (Å²) in [5.74, 6) is 1.63. The highest BCUT2D eigenvalue weighted by atomic mass is 32.2. The van der Waals surface area contributed by atoms with Gasteiger partial charge < -0.3 is 21.1 Å². The number of nitrogens with zero attached hydrogens (tertiary/aromatic N) is 4. The summed E-state index contributed by atoms with van der Waals surface area (Å²) >= 11 is 1.46. The Hall–Kier alpha value is -2.41. The van der Waals surface area contributed by atoms with Gasteiger partial charge in [0.2, 0.25) is 5.95 Å². The van der Waals surface area contributed by atoms with Crippen molar-refractivity contribution in [2.24, 2.45) is 0 Å². The maximum atomic E-state index is 11.7. The molecule has 0 atom stereocenters. The van der Waals surface area contributed by atoms with Crippen LogP contribution in [0.4, 0.5) is 16.9 Å². The molecule has 2 aliphatic rings. The van der Waals surface area contributed by atoms with Crippen LogP contribution in [0.3, 0.4) is 0 Å². The Labute approximate surface area is 202 Å². The van der Waals surface area contributed by atoms with E-state index < -0.39 is 9.84 Å². The van der Waals surface area contributed by atoms with E-state index in [4.69, 9.17) is 4.98 Å². The number of anilines is 3. The lowest BCUT2D eigenvalue weighted by molar-refractivity contribution is 0.126. The molecule has 4 N–H and O–H groups in total. The van der Waals surface area contributed by atoms with Crippen molar-refractivity contribution in [2.45, 2.75) is 63.3 Å². The Bertz CT molecular complexity index is 1200. The van der Waals surface area contributed by atoms with Crippen molar-refractivity contribution in [1.82, 2.24) is 25.3 Å². The summed E-state index contributed by atoms with van der Waals surface area (Å²) in [4.78, 5) is 19.2. The number of nitrogens with one attached hydrogen (secondary N) is 3. The molecule has 1 saturated carbocycles. The van der Waals surface area contributed by atoms with Gasteiger partial charge in [-0.1, -0.05) is 11.3 Å². The molecule has 0 unspecified atom stereocenters. The Morgan fingerprint density at radius 1 is 1.03 bits per heavy atom. The third kappa shape index (κ3) is 5.98. The van der Waals surface area contributed by atoms with Crippen molar-refractivity contribution >= 4 is 48.4 Å². The highest BCUT2D eigenvalue weighted by Crippen LogP contribution is 2.27. The van der Waals surface area contributed by atoms with Crippen LogP contribution in [0.25, 0.3) is 10.3 Å². The molecule has 5 rings (SSSR count). The average Bonchev–Trinajstić information content (AvgIpc) is 3.22. The van der Waals surface area contributed by atoms with Crippen molar-refractivity contribution in [3.63, 3.8) is 0 Å². The number of sulfone groups is 1. The summed E-state index contributed by atoms with van der Waals surface area (Å²) < 4.78 is 23.4. The molecule has 12 heteroatoms. The van der Waals surface area contributed by atoms with Gasteiger partial charge >= 0.3 is 0 Å². The largest absolute Gasteiger partial charge is 0.393 e. The van der Waals surface area contributed by atoms with Crippen LogP contribution in [0.1, 0.15) is 44.2 Å². The molecule has 1 aliphatic carbocycles. The highest BCUT2D eigenvalue weighted by molar-refractivity contribution is 7.91. The number of fused-ring (bicyclic) bond motifs is 1. The van der Waals surface area contributed by atoms with Gasteiger partial charge in [0.15, 0.2) is 5.13 Å². The minimum atomic E-state index is -2.89. The first kappa shape index (κ1) is 23.3. The molecule has 4 heterocycles. The van der Waals surface area contributed by atoms with Crippen LogP contribution in [0, 0.1) is 0 Å². The minimum absolute atomic E-state index is 0.154. The Morgan fingerprint density at radius 2 is 1.82 bits per heavy atom. The van der Waals surface area contributed by atoms with Crippen LogP contribution in [0.15, 0.2) is 24.4 Å². The summed E-state index contributed by atoms with van der Waals surface area (Å²) in [5.41, 5.74) is 1.64. The number of aliphatic hydroxyl groups is 1. The molecule has 0 amide bonds. The first-order valence-corrected chi connectivity index (χ1v) is 14.3. The van der Waals surface area contributed by atoms with Gasteiger partial charge in [0.1, 0.15) is 26.0 Å². The van der Waals surface area contributed by atoms with Gasteiger partial charge in [-0.05, 0) is 50.7 Å². The molecule has 2 fully saturated rings. The molecule has 0 bridgehead atoms. The quantitative estimate of drug-likeness (QED) is 0.380. The zero-order valence-electron chi connectivity index (χ0n) is 18.8. The molecular weight excluding hydrogens is 474 g/mol. The lowest BCUT2D eigenvalue weighted by atomic mass is 9.93. The topological polar surface area (TPSA) is 142 Å². The smallest absolute Gasteiger partial charge is 0.225 e. The fourth-order valence-electron chi connectivity index (χ4n) is 4.40. The molecule has 1 saturated heterocycles. The van der Waals surface area contributed by atoms with E-state index in [-0.39, 0.29) is 29.7 Å². The van der Waals surface area contributed by atoms with Crippen LogP contribution in [0.2, 0.25) is 0 Å². The number of pyridine rings is 1. The fourth-order valence-corrected chi connectivity index (χ4v) is 6.70. The molecule has 0 aromatic carbocycles. The van der Waals surface area contributed by atoms with Crippen molar-refractivity contribution in [1.29, 1.82) is 0 Å². The summed E-state index contributed by atoms with van der Waals surface area (Å²) in [6.07, 6.45) is 6.04. The van der Waals surface area contributed by atoms with Gasteiger partial charge in [0.25, 0.3) is 0 Å². The number of hydrogen-bond donors (Lipinski definition) is 4. The molecule has 0 radical (unpaired) electrons. The number of rotatable bonds is 7. The zero-order chi connectivity index (χ0) is 23.5. The average molecular weight is 504 g/mol. The second kappa shape index (κ2) is 10.1. The third-order valence-corrected chi connectivity index (χ3v) is 8.95. The standard InChI is InChI=1S/C22H29N7O3S2/c30-17-5-3-15(4-6-17)25-21-26-16(13-24-14-7-10-34(31,32)11-8-14)12-19(28-21)29-22-27-18-2-1-9-23-20(18)33-22/h1-2,9,12,14-15,17,24,30H,3-8,10-11,13H2,(H2,25,26,27,28,29)/t15-,17-. The molecule has 182 valence electrons. The Kier molecular flexibility index (Phi) is 6.91. The molecule has 3 aromatic heterocycles. The summed E-state index contributed by atoms with van der Waals surface area (Å²) in [5, 5.41) is 20.7. The highest BCUT2D eigenvalue weighted by Gasteiger charge is 2.24. The van der Waals surface area contributed by atoms with E-state index in [2.05, 4.69) is 30.9 Å². The van der Waals surface area contributed by atoms with Crippen LogP contribution in [-0.2, 0) is 16.4 Å². The summed E-state index contributed by atoms with van der Waals surface area (Å²) in [7, 11) is -2.89. The van der Waals surface area contributed by atoms with Crippen LogP contribution >= 0.6 is 11.3 Å². The van der Waals surface area contributed by atoms with Crippen LogP contribution in [-0.4, -0.2) is 63.2 Å². The van der Waals surface area contributed by atoms with Crippen molar-refractivity contribution in [3.05, 3.63) is 30.1 Å². The fraction of sp³-hybridized carbons (Fsp3) is 0.545. The van der Waals surface area contributed by atoms with Crippen LogP contribution in [0.5, 0.6) is 0 Å².